The molecule has 6 nitrogen and oxygen atoms in total. The average Bonchev–Trinajstić information content (AvgIpc) is 2.72. The van der Waals surface area contributed by atoms with E-state index < -0.39 is 0 Å². The number of likely N-dealkylation sites (tertiary alicyclic amines) is 1. The molecule has 0 unspecified atom stereocenters. The highest BCUT2D eigenvalue weighted by Gasteiger charge is 2.28. The minimum atomic E-state index is 0.0675. The van der Waals surface area contributed by atoms with Gasteiger partial charge in [0.25, 0.3) is 5.91 Å². The molecule has 144 valence electrons. The van der Waals surface area contributed by atoms with Crippen LogP contribution in [-0.4, -0.2) is 79.7 Å². The van der Waals surface area contributed by atoms with Crippen molar-refractivity contribution < 1.29 is 14.3 Å². The van der Waals surface area contributed by atoms with Crippen LogP contribution in [0.2, 0.25) is 0 Å². The summed E-state index contributed by atoms with van der Waals surface area (Å²) in [5.41, 5.74) is 6.15. The molecule has 0 saturated carbocycles. The maximum Gasteiger partial charge on any atom is 0.253 e. The van der Waals surface area contributed by atoms with Gasteiger partial charge in [-0.2, -0.15) is 11.8 Å². The van der Waals surface area contributed by atoms with Crippen molar-refractivity contribution >= 4 is 17.7 Å². The first kappa shape index (κ1) is 19.3. The van der Waals surface area contributed by atoms with E-state index in [1.54, 1.807) is 19.2 Å². The Kier molecular flexibility index (Phi) is 7.05. The Labute approximate surface area is 160 Å². The van der Waals surface area contributed by atoms with Crippen molar-refractivity contribution in [2.75, 3.05) is 57.9 Å². The molecule has 0 atom stereocenters. The van der Waals surface area contributed by atoms with E-state index in [4.69, 9.17) is 15.2 Å². The zero-order valence-electron chi connectivity index (χ0n) is 15.5. The molecule has 0 aliphatic carbocycles. The van der Waals surface area contributed by atoms with E-state index in [1.165, 1.54) is 24.6 Å². The fraction of sp³-hybridized carbons (Fsp3) is 0.632. The van der Waals surface area contributed by atoms with Crippen molar-refractivity contribution in [3.05, 3.63) is 23.8 Å². The highest BCUT2D eigenvalue weighted by Crippen LogP contribution is 2.29. The second-order valence-corrected chi connectivity index (χ2v) is 7.90. The van der Waals surface area contributed by atoms with Gasteiger partial charge < -0.3 is 20.1 Å². The van der Waals surface area contributed by atoms with Crippen LogP contribution >= 0.6 is 11.8 Å². The van der Waals surface area contributed by atoms with E-state index in [0.717, 1.165) is 25.9 Å². The lowest BCUT2D eigenvalue weighted by atomic mass is 10.0. The Morgan fingerprint density at radius 1 is 1.19 bits per heavy atom. The molecule has 2 saturated heterocycles. The van der Waals surface area contributed by atoms with Crippen LogP contribution < -0.4 is 15.2 Å². The topological polar surface area (TPSA) is 68.0 Å². The average molecular weight is 380 g/mol. The third-order valence-corrected chi connectivity index (χ3v) is 6.04. The first-order chi connectivity index (χ1) is 12.7. The van der Waals surface area contributed by atoms with Crippen LogP contribution in [-0.2, 0) is 0 Å². The Hall–Kier alpha value is -1.44. The lowest BCUT2D eigenvalue weighted by Gasteiger charge is -2.40. The van der Waals surface area contributed by atoms with E-state index in [9.17, 15) is 4.79 Å². The Morgan fingerprint density at radius 3 is 2.58 bits per heavy atom. The van der Waals surface area contributed by atoms with Gasteiger partial charge in [0.05, 0.1) is 7.11 Å². The Morgan fingerprint density at radius 2 is 1.92 bits per heavy atom. The van der Waals surface area contributed by atoms with E-state index >= 15 is 0 Å². The molecule has 1 aromatic rings. The highest BCUT2D eigenvalue weighted by atomic mass is 32.2. The van der Waals surface area contributed by atoms with Crippen LogP contribution in [0, 0.1) is 0 Å². The number of benzene rings is 1. The fourth-order valence-electron chi connectivity index (χ4n) is 3.65. The molecule has 2 N–H and O–H groups in total. The van der Waals surface area contributed by atoms with Crippen LogP contribution in [0.5, 0.6) is 11.5 Å². The maximum atomic E-state index is 12.9. The van der Waals surface area contributed by atoms with Crippen LogP contribution in [0.3, 0.4) is 0 Å². The second kappa shape index (κ2) is 9.48. The number of nitrogens with two attached hydrogens (primary N) is 1. The highest BCUT2D eigenvalue weighted by molar-refractivity contribution is 7.99. The molecule has 0 bridgehead atoms. The molecule has 2 heterocycles. The standard InChI is InChI=1S/C19H29N3O3S/c1-24-17-3-2-15(14-18(17)25-11-6-20)19(23)22-7-4-16(5-8-22)21-9-12-26-13-10-21/h2-3,14,16H,4-13,20H2,1H3. The van der Waals surface area contributed by atoms with Crippen molar-refractivity contribution in [1.29, 1.82) is 0 Å². The molecule has 0 radical (unpaired) electrons. The summed E-state index contributed by atoms with van der Waals surface area (Å²) < 4.78 is 10.9. The first-order valence-corrected chi connectivity index (χ1v) is 10.5. The SMILES string of the molecule is COc1ccc(C(=O)N2CCC(N3CCSCC3)CC2)cc1OCCN. The largest absolute Gasteiger partial charge is 0.493 e. The van der Waals surface area contributed by atoms with Crippen molar-refractivity contribution in [2.24, 2.45) is 5.73 Å². The zero-order chi connectivity index (χ0) is 18.4. The smallest absolute Gasteiger partial charge is 0.253 e. The van der Waals surface area contributed by atoms with Gasteiger partial charge in [-0.05, 0) is 31.0 Å². The van der Waals surface area contributed by atoms with Gasteiger partial charge in [-0.3, -0.25) is 9.69 Å². The molecule has 1 aromatic carbocycles. The summed E-state index contributed by atoms with van der Waals surface area (Å²) in [6, 6.07) is 5.99. The lowest BCUT2D eigenvalue weighted by molar-refractivity contribution is 0.0630. The predicted molar refractivity (Wildman–Crippen MR) is 105 cm³/mol. The van der Waals surface area contributed by atoms with Gasteiger partial charge in [0.15, 0.2) is 11.5 Å². The van der Waals surface area contributed by atoms with Gasteiger partial charge in [-0.25, -0.2) is 0 Å². The van der Waals surface area contributed by atoms with Gasteiger partial charge in [-0.1, -0.05) is 0 Å². The number of ether oxygens (including phenoxy) is 2. The van der Waals surface area contributed by atoms with Crippen molar-refractivity contribution in [3.63, 3.8) is 0 Å². The number of carbonyl (C=O) groups is 1. The molecule has 0 spiro atoms. The maximum absolute atomic E-state index is 12.9. The van der Waals surface area contributed by atoms with E-state index in [0.29, 0.717) is 36.3 Å². The van der Waals surface area contributed by atoms with Gasteiger partial charge in [-0.15, -0.1) is 0 Å². The van der Waals surface area contributed by atoms with Gasteiger partial charge in [0.1, 0.15) is 6.61 Å². The monoisotopic (exact) mass is 379 g/mol. The van der Waals surface area contributed by atoms with E-state index in [-0.39, 0.29) is 5.91 Å². The minimum absolute atomic E-state index is 0.0675. The number of nitrogens with zero attached hydrogens (tertiary/aromatic N) is 2. The minimum Gasteiger partial charge on any atom is -0.493 e. The molecular weight excluding hydrogens is 350 g/mol. The predicted octanol–water partition coefficient (Wildman–Crippen LogP) is 1.69. The molecule has 7 heteroatoms. The quantitative estimate of drug-likeness (QED) is 0.811. The second-order valence-electron chi connectivity index (χ2n) is 6.67. The molecule has 2 fully saturated rings. The number of hydrogen-bond acceptors (Lipinski definition) is 6. The first-order valence-electron chi connectivity index (χ1n) is 9.35. The summed E-state index contributed by atoms with van der Waals surface area (Å²) in [5, 5.41) is 0. The molecule has 1 amide bonds. The molecule has 3 rings (SSSR count). The number of thioether (sulfide) groups is 1. The molecule has 2 aliphatic heterocycles. The summed E-state index contributed by atoms with van der Waals surface area (Å²) in [4.78, 5) is 17.5. The number of rotatable bonds is 6. The fourth-order valence-corrected chi connectivity index (χ4v) is 4.58. The van der Waals surface area contributed by atoms with Crippen molar-refractivity contribution in [1.82, 2.24) is 9.80 Å². The molecular formula is C19H29N3O3S. The van der Waals surface area contributed by atoms with Crippen LogP contribution in [0.15, 0.2) is 18.2 Å². The van der Waals surface area contributed by atoms with E-state index in [2.05, 4.69) is 4.90 Å². The van der Waals surface area contributed by atoms with Crippen LogP contribution in [0.1, 0.15) is 23.2 Å². The summed E-state index contributed by atoms with van der Waals surface area (Å²) in [7, 11) is 1.59. The normalized spacial score (nSPS) is 19.4. The third-order valence-electron chi connectivity index (χ3n) is 5.10. The third kappa shape index (κ3) is 4.64. The van der Waals surface area contributed by atoms with Gasteiger partial charge >= 0.3 is 0 Å². The summed E-state index contributed by atoms with van der Waals surface area (Å²) >= 11 is 2.04. The van der Waals surface area contributed by atoms with Crippen LogP contribution in [0.4, 0.5) is 0 Å². The lowest BCUT2D eigenvalue weighted by Crippen LogP contribution is -2.49. The van der Waals surface area contributed by atoms with Crippen LogP contribution in [0.25, 0.3) is 0 Å². The molecule has 26 heavy (non-hydrogen) atoms. The van der Waals surface area contributed by atoms with Crippen molar-refractivity contribution in [3.8, 4) is 11.5 Å². The molecule has 2 aliphatic rings. The number of hydrogen-bond donors (Lipinski definition) is 1. The Bertz CT molecular complexity index is 600. The molecule has 0 aromatic heterocycles. The zero-order valence-corrected chi connectivity index (χ0v) is 16.3. The summed E-state index contributed by atoms with van der Waals surface area (Å²) in [5.74, 6) is 3.73. The van der Waals surface area contributed by atoms with Gasteiger partial charge in [0, 0.05) is 55.8 Å². The number of piperidine rings is 1. The summed E-state index contributed by atoms with van der Waals surface area (Å²) in [6.45, 7) is 4.82. The van der Waals surface area contributed by atoms with Crippen molar-refractivity contribution in [2.45, 2.75) is 18.9 Å². The Balaban J connectivity index is 1.60. The number of methoxy groups -OCH3 is 1. The van der Waals surface area contributed by atoms with Gasteiger partial charge in [0.2, 0.25) is 0 Å². The summed E-state index contributed by atoms with van der Waals surface area (Å²) in [6.07, 6.45) is 2.12. The van der Waals surface area contributed by atoms with E-state index in [1.807, 2.05) is 22.7 Å². The number of amides is 1. The number of carbonyl (C=O) groups excluding carboxylic acids is 1.